The second kappa shape index (κ2) is 5.50. The van der Waals surface area contributed by atoms with Crippen molar-refractivity contribution in [3.8, 4) is 0 Å². The molecule has 1 aromatic rings. The largest absolute Gasteiger partial charge is 0.357 e. The summed E-state index contributed by atoms with van der Waals surface area (Å²) in [5.41, 5.74) is 6.94. The molecular formula is C14H23N3. The van der Waals surface area contributed by atoms with Crippen LogP contribution in [0.3, 0.4) is 0 Å². The smallest absolute Gasteiger partial charge is 0.128 e. The molecule has 1 saturated carbocycles. The van der Waals surface area contributed by atoms with E-state index in [4.69, 9.17) is 5.73 Å². The summed E-state index contributed by atoms with van der Waals surface area (Å²) >= 11 is 0. The van der Waals surface area contributed by atoms with Crippen LogP contribution in [0, 0.1) is 5.92 Å². The Hall–Kier alpha value is -1.09. The fraction of sp³-hybridized carbons (Fsp3) is 0.643. The predicted octanol–water partition coefficient (Wildman–Crippen LogP) is 2.73. The minimum Gasteiger partial charge on any atom is -0.357 e. The zero-order chi connectivity index (χ0) is 12.3. The van der Waals surface area contributed by atoms with Gasteiger partial charge in [0.25, 0.3) is 0 Å². The second-order valence-corrected chi connectivity index (χ2v) is 5.07. The number of nitrogens with two attached hydrogens (primary N) is 1. The monoisotopic (exact) mass is 233 g/mol. The first-order valence-electron chi connectivity index (χ1n) is 6.67. The van der Waals surface area contributed by atoms with Gasteiger partial charge in [0, 0.05) is 25.3 Å². The third-order valence-electron chi connectivity index (χ3n) is 3.71. The summed E-state index contributed by atoms with van der Waals surface area (Å²) in [6, 6.07) is 4.26. The molecule has 17 heavy (non-hydrogen) atoms. The maximum Gasteiger partial charge on any atom is 0.128 e. The van der Waals surface area contributed by atoms with Gasteiger partial charge in [0.05, 0.1) is 0 Å². The molecule has 0 spiro atoms. The van der Waals surface area contributed by atoms with E-state index in [1.165, 1.54) is 19.3 Å². The maximum atomic E-state index is 5.83. The molecule has 0 aliphatic heterocycles. The lowest BCUT2D eigenvalue weighted by molar-refractivity contribution is 0.318. The standard InChI is InChI=1S/C14H23N3/c1-3-17(10-12-5-4-6-12)14-8-7-13(9-16-14)11(2)15/h7-9,11-12H,3-6,10,15H2,1-2H3. The molecule has 0 bridgehead atoms. The summed E-state index contributed by atoms with van der Waals surface area (Å²) in [5.74, 6) is 1.97. The molecule has 2 rings (SSSR count). The van der Waals surface area contributed by atoms with E-state index in [0.717, 1.165) is 30.4 Å². The topological polar surface area (TPSA) is 42.1 Å². The number of anilines is 1. The number of hydrogen-bond donors (Lipinski definition) is 1. The fourth-order valence-electron chi connectivity index (χ4n) is 2.23. The van der Waals surface area contributed by atoms with Gasteiger partial charge in [-0.05, 0) is 44.2 Å². The minimum atomic E-state index is 0.0678. The van der Waals surface area contributed by atoms with Gasteiger partial charge in [0.1, 0.15) is 5.82 Å². The van der Waals surface area contributed by atoms with Crippen LogP contribution in [0.15, 0.2) is 18.3 Å². The zero-order valence-corrected chi connectivity index (χ0v) is 10.9. The van der Waals surface area contributed by atoms with E-state index in [1.54, 1.807) is 0 Å². The van der Waals surface area contributed by atoms with E-state index in [-0.39, 0.29) is 6.04 Å². The van der Waals surface area contributed by atoms with Gasteiger partial charge >= 0.3 is 0 Å². The van der Waals surface area contributed by atoms with Crippen molar-refractivity contribution in [2.75, 3.05) is 18.0 Å². The fourth-order valence-corrected chi connectivity index (χ4v) is 2.23. The lowest BCUT2D eigenvalue weighted by Gasteiger charge is -2.32. The van der Waals surface area contributed by atoms with Crippen LogP contribution in [0.4, 0.5) is 5.82 Å². The summed E-state index contributed by atoms with van der Waals surface area (Å²) in [6.45, 7) is 6.37. The van der Waals surface area contributed by atoms with Crippen molar-refractivity contribution in [1.29, 1.82) is 0 Å². The summed E-state index contributed by atoms with van der Waals surface area (Å²) in [6.07, 6.45) is 6.07. The molecule has 94 valence electrons. The molecule has 3 nitrogen and oxygen atoms in total. The molecule has 2 N–H and O–H groups in total. The first-order chi connectivity index (χ1) is 8.20. The van der Waals surface area contributed by atoms with E-state index in [1.807, 2.05) is 13.1 Å². The molecule has 1 aliphatic rings. The highest BCUT2D eigenvalue weighted by Crippen LogP contribution is 2.28. The Morgan fingerprint density at radius 2 is 2.24 bits per heavy atom. The number of nitrogens with zero attached hydrogens (tertiary/aromatic N) is 2. The summed E-state index contributed by atoms with van der Waals surface area (Å²) in [7, 11) is 0. The second-order valence-electron chi connectivity index (χ2n) is 5.07. The van der Waals surface area contributed by atoms with Gasteiger partial charge in [-0.15, -0.1) is 0 Å². The maximum absolute atomic E-state index is 5.83. The minimum absolute atomic E-state index is 0.0678. The van der Waals surface area contributed by atoms with Crippen molar-refractivity contribution in [3.63, 3.8) is 0 Å². The number of pyridine rings is 1. The van der Waals surface area contributed by atoms with Crippen LogP contribution in [0.25, 0.3) is 0 Å². The molecule has 1 aliphatic carbocycles. The van der Waals surface area contributed by atoms with Gasteiger partial charge in [-0.2, -0.15) is 0 Å². The van der Waals surface area contributed by atoms with Crippen LogP contribution in [0.2, 0.25) is 0 Å². The van der Waals surface area contributed by atoms with E-state index in [9.17, 15) is 0 Å². The highest BCUT2D eigenvalue weighted by Gasteiger charge is 2.20. The van der Waals surface area contributed by atoms with Crippen molar-refractivity contribution in [3.05, 3.63) is 23.9 Å². The van der Waals surface area contributed by atoms with Crippen molar-refractivity contribution < 1.29 is 0 Å². The zero-order valence-electron chi connectivity index (χ0n) is 10.9. The Morgan fingerprint density at radius 3 is 2.65 bits per heavy atom. The number of hydrogen-bond acceptors (Lipinski definition) is 3. The normalized spacial score (nSPS) is 17.6. The predicted molar refractivity (Wildman–Crippen MR) is 72.1 cm³/mol. The lowest BCUT2D eigenvalue weighted by Crippen LogP contribution is -2.33. The van der Waals surface area contributed by atoms with E-state index < -0.39 is 0 Å². The molecule has 1 aromatic heterocycles. The third-order valence-corrected chi connectivity index (χ3v) is 3.71. The summed E-state index contributed by atoms with van der Waals surface area (Å²) < 4.78 is 0. The molecule has 0 amide bonds. The molecule has 1 unspecified atom stereocenters. The summed E-state index contributed by atoms with van der Waals surface area (Å²) in [5, 5.41) is 0. The first kappa shape index (κ1) is 12.4. The van der Waals surface area contributed by atoms with Crippen LogP contribution in [0.5, 0.6) is 0 Å². The molecule has 1 atom stereocenters. The molecular weight excluding hydrogens is 210 g/mol. The Kier molecular flexibility index (Phi) is 4.00. The van der Waals surface area contributed by atoms with Crippen molar-refractivity contribution in [2.45, 2.75) is 39.2 Å². The van der Waals surface area contributed by atoms with E-state index in [0.29, 0.717) is 0 Å². The Bertz CT molecular complexity index is 341. The van der Waals surface area contributed by atoms with Crippen LogP contribution in [-0.4, -0.2) is 18.1 Å². The van der Waals surface area contributed by atoms with E-state index in [2.05, 4.69) is 28.9 Å². The van der Waals surface area contributed by atoms with Crippen LogP contribution in [0.1, 0.15) is 44.7 Å². The quantitative estimate of drug-likeness (QED) is 0.850. The lowest BCUT2D eigenvalue weighted by atomic mass is 9.85. The average Bonchev–Trinajstić information content (AvgIpc) is 2.28. The van der Waals surface area contributed by atoms with Gasteiger partial charge in [0.2, 0.25) is 0 Å². The van der Waals surface area contributed by atoms with Gasteiger partial charge in [-0.3, -0.25) is 0 Å². The molecule has 1 heterocycles. The average molecular weight is 233 g/mol. The summed E-state index contributed by atoms with van der Waals surface area (Å²) in [4.78, 5) is 6.90. The first-order valence-corrected chi connectivity index (χ1v) is 6.67. The molecule has 3 heteroatoms. The third kappa shape index (κ3) is 2.97. The Labute approximate surface area is 104 Å². The highest BCUT2D eigenvalue weighted by molar-refractivity contribution is 5.39. The van der Waals surface area contributed by atoms with Crippen molar-refractivity contribution in [2.24, 2.45) is 11.7 Å². The van der Waals surface area contributed by atoms with Crippen molar-refractivity contribution in [1.82, 2.24) is 4.98 Å². The van der Waals surface area contributed by atoms with Gasteiger partial charge < -0.3 is 10.6 Å². The van der Waals surface area contributed by atoms with E-state index >= 15 is 0 Å². The van der Waals surface area contributed by atoms with Crippen molar-refractivity contribution >= 4 is 5.82 Å². The van der Waals surface area contributed by atoms with Gasteiger partial charge in [0.15, 0.2) is 0 Å². The SMILES string of the molecule is CCN(CC1CCC1)c1ccc(C(C)N)cn1. The highest BCUT2D eigenvalue weighted by atomic mass is 15.2. The Morgan fingerprint density at radius 1 is 1.47 bits per heavy atom. The molecule has 1 fully saturated rings. The molecule has 0 aromatic carbocycles. The molecule has 0 saturated heterocycles. The Balaban J connectivity index is 2.02. The van der Waals surface area contributed by atoms with Crippen LogP contribution >= 0.6 is 0 Å². The van der Waals surface area contributed by atoms with Gasteiger partial charge in [-0.1, -0.05) is 12.5 Å². The van der Waals surface area contributed by atoms with Crippen LogP contribution < -0.4 is 10.6 Å². The van der Waals surface area contributed by atoms with Gasteiger partial charge in [-0.25, -0.2) is 4.98 Å². The number of rotatable bonds is 5. The molecule has 0 radical (unpaired) electrons. The number of aromatic nitrogens is 1. The van der Waals surface area contributed by atoms with Crippen LogP contribution in [-0.2, 0) is 0 Å².